The van der Waals surface area contributed by atoms with Gasteiger partial charge in [0.25, 0.3) is 0 Å². The van der Waals surface area contributed by atoms with Crippen LogP contribution in [0, 0.1) is 11.8 Å². The predicted molar refractivity (Wildman–Crippen MR) is 37.0 cm³/mol. The second kappa shape index (κ2) is 2.40. The van der Waals surface area contributed by atoms with Gasteiger partial charge in [-0.1, -0.05) is 0 Å². The lowest BCUT2D eigenvalue weighted by atomic mass is 9.90. The molecule has 70 valence electrons. The van der Waals surface area contributed by atoms with Crippen LogP contribution in [-0.4, -0.2) is 56.1 Å². The lowest BCUT2D eigenvalue weighted by Crippen LogP contribution is -2.47. The molecule has 0 spiro atoms. The molecular weight excluding hydrogens is 164 g/mol. The van der Waals surface area contributed by atoms with E-state index in [1.807, 2.05) is 0 Å². The second-order valence-corrected chi connectivity index (χ2v) is 3.61. The molecule has 12 heavy (non-hydrogen) atoms. The van der Waals surface area contributed by atoms with E-state index in [1.165, 1.54) is 0 Å². The molecule has 0 heterocycles. The van der Waals surface area contributed by atoms with E-state index in [4.69, 9.17) is 0 Å². The largest absolute Gasteiger partial charge is 0.392 e. The third-order valence-corrected chi connectivity index (χ3v) is 3.07. The van der Waals surface area contributed by atoms with Crippen molar-refractivity contribution in [1.29, 1.82) is 0 Å². The SMILES string of the molecule is OC1C(O)C2C(O)C(O)C1C2O. The summed E-state index contributed by atoms with van der Waals surface area (Å²) in [5, 5.41) is 46.4. The normalized spacial score (nSPS) is 64.2. The smallest absolute Gasteiger partial charge is 0.0882 e. The number of hydrogen-bond acceptors (Lipinski definition) is 5. The minimum absolute atomic E-state index is 0.806. The van der Waals surface area contributed by atoms with Crippen LogP contribution in [0.15, 0.2) is 0 Å². The van der Waals surface area contributed by atoms with Crippen molar-refractivity contribution in [2.75, 3.05) is 0 Å². The molecule has 2 aliphatic carbocycles. The Morgan fingerprint density at radius 1 is 0.417 bits per heavy atom. The zero-order valence-electron chi connectivity index (χ0n) is 6.28. The zero-order chi connectivity index (χ0) is 9.04. The van der Waals surface area contributed by atoms with Crippen molar-refractivity contribution in [2.24, 2.45) is 11.8 Å². The highest BCUT2D eigenvalue weighted by molar-refractivity contribution is 5.12. The fourth-order valence-corrected chi connectivity index (χ4v) is 2.38. The first kappa shape index (κ1) is 8.40. The van der Waals surface area contributed by atoms with Gasteiger partial charge in [-0.25, -0.2) is 0 Å². The Bertz CT molecular complexity index is 160. The van der Waals surface area contributed by atoms with Crippen molar-refractivity contribution in [3.63, 3.8) is 0 Å². The van der Waals surface area contributed by atoms with Crippen LogP contribution in [0.5, 0.6) is 0 Å². The lowest BCUT2D eigenvalue weighted by molar-refractivity contribution is -0.116. The number of aliphatic hydroxyl groups is 5. The average Bonchev–Trinajstić information content (AvgIpc) is 2.33. The molecule has 0 radical (unpaired) electrons. The highest BCUT2D eigenvalue weighted by Crippen LogP contribution is 2.45. The van der Waals surface area contributed by atoms with Crippen LogP contribution in [0.25, 0.3) is 0 Å². The van der Waals surface area contributed by atoms with Crippen molar-refractivity contribution in [1.82, 2.24) is 0 Å². The summed E-state index contributed by atoms with van der Waals surface area (Å²) in [4.78, 5) is 0. The maximum absolute atomic E-state index is 9.37. The molecule has 4 unspecified atom stereocenters. The molecule has 4 atom stereocenters. The third-order valence-electron chi connectivity index (χ3n) is 3.07. The van der Waals surface area contributed by atoms with Crippen LogP contribution in [0.4, 0.5) is 0 Å². The summed E-state index contributed by atoms with van der Waals surface area (Å²) in [6, 6.07) is 0. The molecule has 5 heteroatoms. The Morgan fingerprint density at radius 2 is 0.667 bits per heavy atom. The molecule has 0 amide bonds. The molecule has 5 N–H and O–H groups in total. The van der Waals surface area contributed by atoms with E-state index in [0.717, 1.165) is 0 Å². The summed E-state index contributed by atoms with van der Waals surface area (Å²) in [6.07, 6.45) is -5.49. The number of fused-ring (bicyclic) bond motifs is 2. The van der Waals surface area contributed by atoms with Crippen LogP contribution in [-0.2, 0) is 0 Å². The molecule has 0 aromatic heterocycles. The minimum Gasteiger partial charge on any atom is -0.392 e. The van der Waals surface area contributed by atoms with Crippen molar-refractivity contribution in [2.45, 2.75) is 30.5 Å². The van der Waals surface area contributed by atoms with Crippen molar-refractivity contribution < 1.29 is 25.5 Å². The van der Waals surface area contributed by atoms with Gasteiger partial charge in [-0.3, -0.25) is 0 Å². The van der Waals surface area contributed by atoms with E-state index in [0.29, 0.717) is 0 Å². The van der Waals surface area contributed by atoms with Crippen LogP contribution in [0.2, 0.25) is 0 Å². The van der Waals surface area contributed by atoms with Gasteiger partial charge in [0, 0.05) is 11.8 Å². The summed E-state index contributed by atoms with van der Waals surface area (Å²) in [7, 11) is 0. The molecule has 0 aromatic carbocycles. The van der Waals surface area contributed by atoms with E-state index >= 15 is 0 Å². The summed E-state index contributed by atoms with van der Waals surface area (Å²) >= 11 is 0. The summed E-state index contributed by atoms with van der Waals surface area (Å²) in [5.74, 6) is -1.61. The Morgan fingerprint density at radius 3 is 0.833 bits per heavy atom. The molecule has 0 saturated heterocycles. The fraction of sp³-hybridized carbons (Fsp3) is 1.00. The van der Waals surface area contributed by atoms with Gasteiger partial charge >= 0.3 is 0 Å². The highest BCUT2D eigenvalue weighted by atomic mass is 16.4. The number of aliphatic hydroxyl groups excluding tert-OH is 5. The standard InChI is InChI=1S/C7H12O5/c8-3-1-4(9)6(11)2(3)7(12)5(1)10/h1-12H. The Kier molecular flexibility index (Phi) is 1.68. The van der Waals surface area contributed by atoms with Crippen LogP contribution in [0.3, 0.4) is 0 Å². The topological polar surface area (TPSA) is 101 Å². The maximum atomic E-state index is 9.37. The van der Waals surface area contributed by atoms with E-state index in [9.17, 15) is 25.5 Å². The van der Waals surface area contributed by atoms with Crippen LogP contribution >= 0.6 is 0 Å². The first-order chi connectivity index (χ1) is 5.55. The summed E-state index contributed by atoms with van der Waals surface area (Å²) in [5.41, 5.74) is 0. The van der Waals surface area contributed by atoms with Crippen molar-refractivity contribution in [3.05, 3.63) is 0 Å². The Labute approximate surface area is 68.9 Å². The molecule has 2 saturated carbocycles. The zero-order valence-corrected chi connectivity index (χ0v) is 6.28. The van der Waals surface area contributed by atoms with Gasteiger partial charge in [0.2, 0.25) is 0 Å². The monoisotopic (exact) mass is 176 g/mol. The van der Waals surface area contributed by atoms with Gasteiger partial charge in [0.15, 0.2) is 0 Å². The Hall–Kier alpha value is -0.200. The summed E-state index contributed by atoms with van der Waals surface area (Å²) < 4.78 is 0. The lowest BCUT2D eigenvalue weighted by Gasteiger charge is -2.29. The van der Waals surface area contributed by atoms with Gasteiger partial charge in [-0.15, -0.1) is 0 Å². The minimum atomic E-state index is -1.12. The van der Waals surface area contributed by atoms with Gasteiger partial charge in [0.1, 0.15) is 0 Å². The number of rotatable bonds is 0. The third kappa shape index (κ3) is 0.750. The van der Waals surface area contributed by atoms with Crippen LogP contribution < -0.4 is 0 Å². The van der Waals surface area contributed by atoms with Crippen LogP contribution in [0.1, 0.15) is 0 Å². The molecule has 0 aliphatic heterocycles. The molecule has 2 aliphatic rings. The first-order valence-electron chi connectivity index (χ1n) is 3.96. The number of hydrogen-bond donors (Lipinski definition) is 5. The highest BCUT2D eigenvalue weighted by Gasteiger charge is 2.62. The molecule has 5 nitrogen and oxygen atoms in total. The molecule has 2 fully saturated rings. The van der Waals surface area contributed by atoms with E-state index in [-0.39, 0.29) is 0 Å². The Balaban J connectivity index is 2.29. The van der Waals surface area contributed by atoms with Gasteiger partial charge in [-0.05, 0) is 0 Å². The fourth-order valence-electron chi connectivity index (χ4n) is 2.38. The molecule has 2 bridgehead atoms. The van der Waals surface area contributed by atoms with Gasteiger partial charge in [-0.2, -0.15) is 0 Å². The molecule has 2 rings (SSSR count). The van der Waals surface area contributed by atoms with Gasteiger partial charge in [0.05, 0.1) is 30.5 Å². The average molecular weight is 176 g/mol. The van der Waals surface area contributed by atoms with E-state index < -0.39 is 42.4 Å². The second-order valence-electron chi connectivity index (χ2n) is 3.61. The van der Waals surface area contributed by atoms with Crippen molar-refractivity contribution >= 4 is 0 Å². The van der Waals surface area contributed by atoms with E-state index in [1.54, 1.807) is 0 Å². The summed E-state index contributed by atoms with van der Waals surface area (Å²) in [6.45, 7) is 0. The predicted octanol–water partition coefficient (Wildman–Crippen LogP) is -2.95. The quantitative estimate of drug-likeness (QED) is 0.272. The molecular formula is C7H12O5. The molecule has 0 aromatic rings. The van der Waals surface area contributed by atoms with Gasteiger partial charge < -0.3 is 25.5 Å². The van der Waals surface area contributed by atoms with E-state index in [2.05, 4.69) is 0 Å². The first-order valence-corrected chi connectivity index (χ1v) is 3.96. The van der Waals surface area contributed by atoms with Crippen molar-refractivity contribution in [3.8, 4) is 0 Å². The maximum Gasteiger partial charge on any atom is 0.0882 e.